The Morgan fingerprint density at radius 3 is 2.86 bits per heavy atom. The van der Waals surface area contributed by atoms with Crippen molar-refractivity contribution >= 4 is 5.91 Å². The number of hydrogen-bond acceptors (Lipinski definition) is 4. The third kappa shape index (κ3) is 3.33. The lowest BCUT2D eigenvalue weighted by Gasteiger charge is -2.36. The standard InChI is InChI=1S/C16H26N4O2/c1-12-9-18-20(10-12)14-3-2-6-19(11-14)16(21)15(17)13-4-7-22-8-5-13/h9-10,13-15H,2-8,11,17H2,1H3. The number of aryl methyl sites for hydroxylation is 1. The molecule has 6 heteroatoms. The van der Waals surface area contributed by atoms with Crippen LogP contribution in [0.4, 0.5) is 0 Å². The van der Waals surface area contributed by atoms with E-state index in [0.717, 1.165) is 57.6 Å². The summed E-state index contributed by atoms with van der Waals surface area (Å²) in [6.45, 7) is 5.02. The Labute approximate surface area is 131 Å². The zero-order valence-corrected chi connectivity index (χ0v) is 13.3. The molecule has 2 atom stereocenters. The van der Waals surface area contributed by atoms with Gasteiger partial charge in [0.15, 0.2) is 0 Å². The Balaban J connectivity index is 1.62. The minimum absolute atomic E-state index is 0.0977. The van der Waals surface area contributed by atoms with Crippen LogP contribution in [-0.4, -0.2) is 52.9 Å². The molecule has 3 heterocycles. The van der Waals surface area contributed by atoms with Crippen LogP contribution in [-0.2, 0) is 9.53 Å². The van der Waals surface area contributed by atoms with Gasteiger partial charge in [0.25, 0.3) is 0 Å². The van der Waals surface area contributed by atoms with E-state index < -0.39 is 0 Å². The third-order valence-electron chi connectivity index (χ3n) is 4.87. The SMILES string of the molecule is Cc1cnn(C2CCCN(C(=O)C(N)C3CCOCC3)C2)c1. The van der Waals surface area contributed by atoms with Crippen LogP contribution >= 0.6 is 0 Å². The van der Waals surface area contributed by atoms with Crippen molar-refractivity contribution in [3.8, 4) is 0 Å². The Morgan fingerprint density at radius 1 is 1.41 bits per heavy atom. The summed E-state index contributed by atoms with van der Waals surface area (Å²) >= 11 is 0. The highest BCUT2D eigenvalue weighted by Crippen LogP contribution is 2.24. The number of piperidine rings is 1. The Kier molecular flexibility index (Phi) is 4.78. The van der Waals surface area contributed by atoms with E-state index in [1.165, 1.54) is 0 Å². The molecule has 0 saturated carbocycles. The molecule has 2 unspecified atom stereocenters. The number of aromatic nitrogens is 2. The summed E-state index contributed by atoms with van der Waals surface area (Å²) < 4.78 is 7.36. The molecule has 0 radical (unpaired) electrons. The Bertz CT molecular complexity index is 510. The zero-order chi connectivity index (χ0) is 15.5. The maximum Gasteiger partial charge on any atom is 0.239 e. The molecule has 1 aromatic heterocycles. The van der Waals surface area contributed by atoms with Crippen molar-refractivity contribution in [1.29, 1.82) is 0 Å². The number of rotatable bonds is 3. The molecule has 2 N–H and O–H groups in total. The normalized spacial score (nSPS) is 25.2. The van der Waals surface area contributed by atoms with Gasteiger partial charge in [-0.3, -0.25) is 9.48 Å². The molecule has 0 aliphatic carbocycles. The number of ether oxygens (including phenoxy) is 1. The molecule has 0 spiro atoms. The number of hydrogen-bond donors (Lipinski definition) is 1. The summed E-state index contributed by atoms with van der Waals surface area (Å²) in [5.74, 6) is 0.356. The summed E-state index contributed by atoms with van der Waals surface area (Å²) in [4.78, 5) is 14.6. The second-order valence-corrected chi connectivity index (χ2v) is 6.55. The van der Waals surface area contributed by atoms with Crippen molar-refractivity contribution in [2.45, 2.75) is 44.7 Å². The fourth-order valence-corrected chi connectivity index (χ4v) is 3.49. The Hall–Kier alpha value is -1.40. The van der Waals surface area contributed by atoms with Crippen molar-refractivity contribution in [3.05, 3.63) is 18.0 Å². The van der Waals surface area contributed by atoms with Gasteiger partial charge >= 0.3 is 0 Å². The lowest BCUT2D eigenvalue weighted by Crippen LogP contribution is -2.52. The molecule has 2 saturated heterocycles. The fraction of sp³-hybridized carbons (Fsp3) is 0.750. The van der Waals surface area contributed by atoms with Gasteiger partial charge in [-0.2, -0.15) is 5.10 Å². The van der Waals surface area contributed by atoms with Gasteiger partial charge in [0.05, 0.1) is 18.3 Å². The van der Waals surface area contributed by atoms with Crippen LogP contribution in [0.3, 0.4) is 0 Å². The predicted octanol–water partition coefficient (Wildman–Crippen LogP) is 1.11. The molecule has 2 aliphatic rings. The minimum Gasteiger partial charge on any atom is -0.381 e. The predicted molar refractivity (Wildman–Crippen MR) is 83.3 cm³/mol. The molecular weight excluding hydrogens is 280 g/mol. The second-order valence-electron chi connectivity index (χ2n) is 6.55. The maximum atomic E-state index is 12.7. The average molecular weight is 306 g/mol. The highest BCUT2D eigenvalue weighted by Gasteiger charge is 2.32. The number of nitrogens with zero attached hydrogens (tertiary/aromatic N) is 3. The van der Waals surface area contributed by atoms with E-state index in [1.54, 1.807) is 0 Å². The number of carbonyl (C=O) groups is 1. The lowest BCUT2D eigenvalue weighted by atomic mass is 9.91. The van der Waals surface area contributed by atoms with Crippen molar-refractivity contribution in [3.63, 3.8) is 0 Å². The largest absolute Gasteiger partial charge is 0.381 e. The summed E-state index contributed by atoms with van der Waals surface area (Å²) in [5.41, 5.74) is 7.40. The summed E-state index contributed by atoms with van der Waals surface area (Å²) in [6.07, 6.45) is 7.78. The molecule has 0 aromatic carbocycles. The first-order chi connectivity index (χ1) is 10.6. The third-order valence-corrected chi connectivity index (χ3v) is 4.87. The molecule has 1 aromatic rings. The quantitative estimate of drug-likeness (QED) is 0.908. The van der Waals surface area contributed by atoms with Crippen molar-refractivity contribution < 1.29 is 9.53 Å². The zero-order valence-electron chi connectivity index (χ0n) is 13.3. The number of likely N-dealkylation sites (tertiary alicyclic amines) is 1. The van der Waals surface area contributed by atoms with Crippen LogP contribution in [0.2, 0.25) is 0 Å². The molecule has 0 bridgehead atoms. The number of nitrogens with two attached hydrogens (primary N) is 1. The highest BCUT2D eigenvalue weighted by atomic mass is 16.5. The van der Waals surface area contributed by atoms with Gasteiger partial charge < -0.3 is 15.4 Å². The van der Waals surface area contributed by atoms with Crippen LogP contribution in [0.25, 0.3) is 0 Å². The van der Waals surface area contributed by atoms with E-state index in [4.69, 9.17) is 10.5 Å². The monoisotopic (exact) mass is 306 g/mol. The molecule has 22 heavy (non-hydrogen) atoms. The van der Waals surface area contributed by atoms with Crippen molar-refractivity contribution in [1.82, 2.24) is 14.7 Å². The first kappa shape index (κ1) is 15.5. The van der Waals surface area contributed by atoms with E-state index in [0.29, 0.717) is 0 Å². The molecule has 2 fully saturated rings. The van der Waals surface area contributed by atoms with Crippen LogP contribution in [0.5, 0.6) is 0 Å². The van der Waals surface area contributed by atoms with Crippen LogP contribution in [0, 0.1) is 12.8 Å². The number of amides is 1. The molecule has 3 rings (SSSR count). The topological polar surface area (TPSA) is 73.4 Å². The molecule has 6 nitrogen and oxygen atoms in total. The van der Waals surface area contributed by atoms with Gasteiger partial charge in [-0.15, -0.1) is 0 Å². The van der Waals surface area contributed by atoms with E-state index in [9.17, 15) is 4.79 Å². The molecular formula is C16H26N4O2. The molecule has 122 valence electrons. The molecule has 1 amide bonds. The summed E-state index contributed by atoms with van der Waals surface area (Å²) in [5, 5.41) is 4.40. The Morgan fingerprint density at radius 2 is 2.18 bits per heavy atom. The van der Waals surface area contributed by atoms with Crippen molar-refractivity contribution in [2.24, 2.45) is 11.7 Å². The maximum absolute atomic E-state index is 12.7. The highest BCUT2D eigenvalue weighted by molar-refractivity contribution is 5.82. The van der Waals surface area contributed by atoms with Crippen LogP contribution in [0.15, 0.2) is 12.4 Å². The van der Waals surface area contributed by atoms with E-state index >= 15 is 0 Å². The van der Waals surface area contributed by atoms with Gasteiger partial charge in [-0.05, 0) is 44.1 Å². The summed E-state index contributed by atoms with van der Waals surface area (Å²) in [6, 6.07) is -0.115. The molecule has 2 aliphatic heterocycles. The minimum atomic E-state index is -0.387. The number of carbonyl (C=O) groups excluding carboxylic acids is 1. The lowest BCUT2D eigenvalue weighted by molar-refractivity contribution is -0.136. The van der Waals surface area contributed by atoms with Gasteiger partial charge in [0, 0.05) is 32.5 Å². The first-order valence-electron chi connectivity index (χ1n) is 8.28. The average Bonchev–Trinajstić information content (AvgIpc) is 3.01. The van der Waals surface area contributed by atoms with E-state index in [1.807, 2.05) is 22.7 Å². The second kappa shape index (κ2) is 6.79. The fourth-order valence-electron chi connectivity index (χ4n) is 3.49. The van der Waals surface area contributed by atoms with Crippen LogP contribution in [0.1, 0.15) is 37.3 Å². The smallest absolute Gasteiger partial charge is 0.239 e. The van der Waals surface area contributed by atoms with Crippen LogP contribution < -0.4 is 5.73 Å². The van der Waals surface area contributed by atoms with Gasteiger partial charge in [0.2, 0.25) is 5.91 Å². The van der Waals surface area contributed by atoms with Gasteiger partial charge in [-0.25, -0.2) is 0 Å². The van der Waals surface area contributed by atoms with E-state index in [-0.39, 0.29) is 23.9 Å². The first-order valence-corrected chi connectivity index (χ1v) is 8.28. The van der Waals surface area contributed by atoms with Crippen molar-refractivity contribution in [2.75, 3.05) is 26.3 Å². The van der Waals surface area contributed by atoms with Gasteiger partial charge in [-0.1, -0.05) is 0 Å². The summed E-state index contributed by atoms with van der Waals surface area (Å²) in [7, 11) is 0. The van der Waals surface area contributed by atoms with Gasteiger partial charge in [0.1, 0.15) is 0 Å². The van der Waals surface area contributed by atoms with E-state index in [2.05, 4.69) is 11.3 Å².